The summed E-state index contributed by atoms with van der Waals surface area (Å²) in [7, 11) is -3.52. The van der Waals surface area contributed by atoms with Gasteiger partial charge in [-0.25, -0.2) is 18.1 Å². The van der Waals surface area contributed by atoms with E-state index >= 15 is 0 Å². The third-order valence-electron chi connectivity index (χ3n) is 4.02. The number of aromatic nitrogens is 3. The van der Waals surface area contributed by atoms with Crippen LogP contribution in [0.1, 0.15) is 28.9 Å². The zero-order valence-corrected chi connectivity index (χ0v) is 16.2. The summed E-state index contributed by atoms with van der Waals surface area (Å²) in [5, 5.41) is 7.00. The van der Waals surface area contributed by atoms with Gasteiger partial charge in [-0.2, -0.15) is 5.10 Å². The highest BCUT2D eigenvalue weighted by Gasteiger charge is 2.17. The van der Waals surface area contributed by atoms with Crippen molar-refractivity contribution in [2.75, 3.05) is 6.26 Å². The molecule has 0 aliphatic rings. The standard InChI is InChI=1S/C18H17ClN4O3S/c1-12(13-3-6-15(7-4-13)23-11-20-10-21-23)22-18(24)14-5-8-16(19)17(9-14)27(2,25)26/h3-12H,1-2H3,(H,22,24)/t12-/m1/s1. The van der Waals surface area contributed by atoms with Crippen LogP contribution in [-0.2, 0) is 9.84 Å². The van der Waals surface area contributed by atoms with Crippen LogP contribution in [0.2, 0.25) is 5.02 Å². The van der Waals surface area contributed by atoms with E-state index in [1.54, 1.807) is 11.0 Å². The van der Waals surface area contributed by atoms with E-state index in [1.807, 2.05) is 31.2 Å². The van der Waals surface area contributed by atoms with Crippen molar-refractivity contribution in [1.82, 2.24) is 20.1 Å². The number of rotatable bonds is 5. The van der Waals surface area contributed by atoms with E-state index in [0.717, 1.165) is 17.5 Å². The van der Waals surface area contributed by atoms with Gasteiger partial charge in [0.2, 0.25) is 0 Å². The second kappa shape index (κ2) is 7.50. The molecule has 2 aromatic carbocycles. The minimum Gasteiger partial charge on any atom is -0.346 e. The fourth-order valence-corrected chi connectivity index (χ4v) is 3.85. The molecule has 0 aliphatic carbocycles. The number of hydrogen-bond acceptors (Lipinski definition) is 5. The number of benzene rings is 2. The summed E-state index contributed by atoms with van der Waals surface area (Å²) in [6.07, 6.45) is 4.10. The highest BCUT2D eigenvalue weighted by atomic mass is 35.5. The smallest absolute Gasteiger partial charge is 0.251 e. The molecule has 0 saturated heterocycles. The van der Waals surface area contributed by atoms with E-state index in [-0.39, 0.29) is 27.4 Å². The normalized spacial score (nSPS) is 12.6. The predicted molar refractivity (Wildman–Crippen MR) is 102 cm³/mol. The Morgan fingerprint density at radius 3 is 2.48 bits per heavy atom. The molecule has 3 aromatic rings. The lowest BCUT2D eigenvalue weighted by Gasteiger charge is -2.15. The fourth-order valence-electron chi connectivity index (χ4n) is 2.55. The molecule has 0 saturated carbocycles. The van der Waals surface area contributed by atoms with Crippen molar-refractivity contribution in [1.29, 1.82) is 0 Å². The maximum absolute atomic E-state index is 12.5. The minimum absolute atomic E-state index is 0.0679. The average Bonchev–Trinajstić information content (AvgIpc) is 3.15. The lowest BCUT2D eigenvalue weighted by atomic mass is 10.1. The van der Waals surface area contributed by atoms with Gasteiger partial charge in [0.25, 0.3) is 5.91 Å². The number of nitrogens with zero attached hydrogens (tertiary/aromatic N) is 3. The SMILES string of the molecule is C[C@@H](NC(=O)c1ccc(Cl)c(S(C)(=O)=O)c1)c1ccc(-n2cncn2)cc1. The minimum atomic E-state index is -3.52. The maximum atomic E-state index is 12.5. The van der Waals surface area contributed by atoms with Crippen LogP contribution in [0.25, 0.3) is 5.69 Å². The molecular weight excluding hydrogens is 388 g/mol. The first kappa shape index (κ1) is 19.1. The molecular formula is C18H17ClN4O3S. The van der Waals surface area contributed by atoms with Crippen LogP contribution in [0.15, 0.2) is 60.0 Å². The highest BCUT2D eigenvalue weighted by molar-refractivity contribution is 7.90. The van der Waals surface area contributed by atoms with Crippen LogP contribution in [0.4, 0.5) is 0 Å². The van der Waals surface area contributed by atoms with Crippen LogP contribution >= 0.6 is 11.6 Å². The number of sulfone groups is 1. The lowest BCUT2D eigenvalue weighted by Crippen LogP contribution is -2.26. The van der Waals surface area contributed by atoms with Crippen LogP contribution in [0, 0.1) is 0 Å². The van der Waals surface area contributed by atoms with E-state index in [4.69, 9.17) is 11.6 Å². The molecule has 9 heteroatoms. The number of amides is 1. The van der Waals surface area contributed by atoms with Crippen molar-refractivity contribution >= 4 is 27.3 Å². The Morgan fingerprint density at radius 2 is 1.89 bits per heavy atom. The molecule has 1 N–H and O–H groups in total. The monoisotopic (exact) mass is 404 g/mol. The second-order valence-corrected chi connectivity index (χ2v) is 8.44. The molecule has 0 radical (unpaired) electrons. The van der Waals surface area contributed by atoms with Crippen molar-refractivity contribution in [3.05, 3.63) is 71.3 Å². The van der Waals surface area contributed by atoms with Gasteiger partial charge in [0, 0.05) is 11.8 Å². The molecule has 3 rings (SSSR count). The number of carbonyl (C=O) groups is 1. The quantitative estimate of drug-likeness (QED) is 0.705. The molecule has 7 nitrogen and oxygen atoms in total. The summed E-state index contributed by atoms with van der Waals surface area (Å²) in [5.74, 6) is -0.385. The molecule has 0 unspecified atom stereocenters. The molecule has 0 spiro atoms. The first-order chi connectivity index (χ1) is 12.8. The van der Waals surface area contributed by atoms with Crippen LogP contribution in [0.5, 0.6) is 0 Å². The first-order valence-corrected chi connectivity index (χ1v) is 10.3. The predicted octanol–water partition coefficient (Wildman–Crippen LogP) is 2.82. The Balaban J connectivity index is 1.76. The molecule has 1 amide bonds. The Bertz CT molecular complexity index is 1060. The molecule has 0 bridgehead atoms. The zero-order chi connectivity index (χ0) is 19.6. The molecule has 1 heterocycles. The molecule has 140 valence electrons. The van der Waals surface area contributed by atoms with Gasteiger partial charge in [0.1, 0.15) is 12.7 Å². The second-order valence-electron chi connectivity index (χ2n) is 6.04. The molecule has 0 aliphatic heterocycles. The van der Waals surface area contributed by atoms with Crippen LogP contribution < -0.4 is 5.32 Å². The van der Waals surface area contributed by atoms with E-state index < -0.39 is 9.84 Å². The Hall–Kier alpha value is -2.71. The Kier molecular flexibility index (Phi) is 5.29. The van der Waals surface area contributed by atoms with Gasteiger partial charge in [-0.05, 0) is 42.8 Å². The van der Waals surface area contributed by atoms with Gasteiger partial charge >= 0.3 is 0 Å². The van der Waals surface area contributed by atoms with Crippen molar-refractivity contribution in [2.24, 2.45) is 0 Å². The Morgan fingerprint density at radius 1 is 1.19 bits per heavy atom. The van der Waals surface area contributed by atoms with Crippen LogP contribution in [0.3, 0.4) is 0 Å². The molecule has 0 fully saturated rings. The van der Waals surface area contributed by atoms with Crippen molar-refractivity contribution in [3.8, 4) is 5.69 Å². The topological polar surface area (TPSA) is 94.0 Å². The summed E-state index contributed by atoms with van der Waals surface area (Å²) in [6.45, 7) is 1.84. The summed E-state index contributed by atoms with van der Waals surface area (Å²) >= 11 is 5.92. The number of carbonyl (C=O) groups excluding carboxylic acids is 1. The first-order valence-electron chi connectivity index (χ1n) is 8.01. The highest BCUT2D eigenvalue weighted by Crippen LogP contribution is 2.23. The fraction of sp³-hybridized carbons (Fsp3) is 0.167. The van der Waals surface area contributed by atoms with Crippen molar-refractivity contribution < 1.29 is 13.2 Å². The number of hydrogen-bond donors (Lipinski definition) is 1. The average molecular weight is 405 g/mol. The molecule has 27 heavy (non-hydrogen) atoms. The van der Waals surface area contributed by atoms with Crippen LogP contribution in [-0.4, -0.2) is 35.3 Å². The van der Waals surface area contributed by atoms with E-state index in [1.165, 1.54) is 24.5 Å². The zero-order valence-electron chi connectivity index (χ0n) is 14.6. The molecule has 1 atom stereocenters. The van der Waals surface area contributed by atoms with Gasteiger partial charge in [-0.15, -0.1) is 0 Å². The van der Waals surface area contributed by atoms with Gasteiger partial charge in [-0.1, -0.05) is 23.7 Å². The maximum Gasteiger partial charge on any atom is 0.251 e. The van der Waals surface area contributed by atoms with Crippen molar-refractivity contribution in [3.63, 3.8) is 0 Å². The van der Waals surface area contributed by atoms with Gasteiger partial charge in [0.05, 0.1) is 21.6 Å². The number of nitrogens with one attached hydrogen (secondary N) is 1. The molecule has 1 aromatic heterocycles. The number of halogens is 1. The summed E-state index contributed by atoms with van der Waals surface area (Å²) in [4.78, 5) is 16.3. The Labute approximate surface area is 161 Å². The third kappa shape index (κ3) is 4.35. The summed E-state index contributed by atoms with van der Waals surface area (Å²) in [5.41, 5.74) is 1.97. The van der Waals surface area contributed by atoms with Gasteiger partial charge in [0.15, 0.2) is 9.84 Å². The summed E-state index contributed by atoms with van der Waals surface area (Å²) in [6, 6.07) is 11.4. The van der Waals surface area contributed by atoms with Crippen molar-refractivity contribution in [2.45, 2.75) is 17.9 Å². The van der Waals surface area contributed by atoms with E-state index in [0.29, 0.717) is 0 Å². The lowest BCUT2D eigenvalue weighted by molar-refractivity contribution is 0.0939. The van der Waals surface area contributed by atoms with E-state index in [9.17, 15) is 13.2 Å². The van der Waals surface area contributed by atoms with Gasteiger partial charge in [-0.3, -0.25) is 4.79 Å². The third-order valence-corrected chi connectivity index (χ3v) is 5.60. The summed E-state index contributed by atoms with van der Waals surface area (Å²) < 4.78 is 25.2. The largest absolute Gasteiger partial charge is 0.346 e. The van der Waals surface area contributed by atoms with Gasteiger partial charge < -0.3 is 5.32 Å². The van der Waals surface area contributed by atoms with E-state index in [2.05, 4.69) is 15.4 Å².